The highest BCUT2D eigenvalue weighted by Crippen LogP contribution is 2.57. The van der Waals surface area contributed by atoms with Crippen molar-refractivity contribution in [1.82, 2.24) is 0 Å². The van der Waals surface area contributed by atoms with E-state index in [1.165, 1.54) is 11.1 Å². The van der Waals surface area contributed by atoms with Gasteiger partial charge in [0.1, 0.15) is 0 Å². The van der Waals surface area contributed by atoms with E-state index >= 15 is 0 Å². The summed E-state index contributed by atoms with van der Waals surface area (Å²) in [6.45, 7) is 5.30. The zero-order chi connectivity index (χ0) is 16.7. The summed E-state index contributed by atoms with van der Waals surface area (Å²) in [6.07, 6.45) is 0. The molecule has 0 heterocycles. The van der Waals surface area contributed by atoms with Crippen molar-refractivity contribution in [2.75, 3.05) is 25.6 Å². The maximum atomic E-state index is 5.99. The molecule has 0 amide bonds. The molecule has 1 unspecified atom stereocenters. The zero-order valence-corrected chi connectivity index (χ0v) is 16.2. The number of halogens is 1. The smallest absolute Gasteiger partial charge is 0.183 e. The number of hydrogen-bond donors (Lipinski definition) is 1. The van der Waals surface area contributed by atoms with Crippen molar-refractivity contribution in [3.05, 3.63) is 64.1 Å². The fraction of sp³-hybridized carbons (Fsp3) is 0.333. The van der Waals surface area contributed by atoms with Crippen LogP contribution < -0.4 is 5.32 Å². The summed E-state index contributed by atoms with van der Waals surface area (Å²) >= 11 is 3.51. The Labute approximate surface area is 148 Å². The third kappa shape index (κ3) is 4.77. The van der Waals surface area contributed by atoms with Crippen molar-refractivity contribution in [2.24, 2.45) is 0 Å². The van der Waals surface area contributed by atoms with Gasteiger partial charge in [-0.1, -0.05) is 46.3 Å². The van der Waals surface area contributed by atoms with E-state index in [1.54, 1.807) is 0 Å². The summed E-state index contributed by atoms with van der Waals surface area (Å²) in [5.74, 6) is 0. The summed E-state index contributed by atoms with van der Waals surface area (Å²) in [7, 11) is 0.882. The quantitative estimate of drug-likeness (QED) is 0.558. The van der Waals surface area contributed by atoms with Crippen LogP contribution in [-0.4, -0.2) is 20.3 Å². The van der Waals surface area contributed by atoms with Crippen LogP contribution in [-0.2, 0) is 9.05 Å². The Bertz CT molecular complexity index is 600. The van der Waals surface area contributed by atoms with Gasteiger partial charge in [0.25, 0.3) is 0 Å². The lowest BCUT2D eigenvalue weighted by atomic mass is 10.0. The maximum absolute atomic E-state index is 5.99. The monoisotopic (exact) mass is 395 g/mol. The van der Waals surface area contributed by atoms with Crippen LogP contribution in [0.25, 0.3) is 0 Å². The topological polar surface area (TPSA) is 30.5 Å². The largest absolute Gasteiger partial charge is 0.388 e. The molecule has 124 valence electrons. The zero-order valence-electron chi connectivity index (χ0n) is 13.8. The van der Waals surface area contributed by atoms with Crippen molar-refractivity contribution in [1.29, 1.82) is 0 Å². The molecule has 0 aliphatic rings. The van der Waals surface area contributed by atoms with Crippen LogP contribution in [0.3, 0.4) is 0 Å². The van der Waals surface area contributed by atoms with E-state index in [1.807, 2.05) is 27.0 Å². The first kappa shape index (κ1) is 18.4. The van der Waals surface area contributed by atoms with E-state index in [0.717, 1.165) is 10.2 Å². The van der Waals surface area contributed by atoms with Gasteiger partial charge < -0.3 is 14.4 Å². The first-order valence-electron chi connectivity index (χ1n) is 7.78. The van der Waals surface area contributed by atoms with Gasteiger partial charge in [-0.05, 0) is 43.2 Å². The molecular weight excluding hydrogens is 373 g/mol. The molecule has 1 atom stereocenters. The van der Waals surface area contributed by atoms with Crippen LogP contribution in [0.15, 0.2) is 53.0 Å². The summed E-state index contributed by atoms with van der Waals surface area (Å²) < 4.78 is 13.0. The molecule has 0 saturated heterocycles. The Kier molecular flexibility index (Phi) is 7.51. The Balaban J connectivity index is 2.51. The average molecular weight is 396 g/mol. The van der Waals surface area contributed by atoms with E-state index in [9.17, 15) is 0 Å². The third-order valence-corrected chi connectivity index (χ3v) is 5.99. The van der Waals surface area contributed by atoms with Gasteiger partial charge in [-0.2, -0.15) is 0 Å². The van der Waals surface area contributed by atoms with Gasteiger partial charge >= 0.3 is 0 Å². The SMILES string of the molecule is CCOP(OCC)C(c1ccc(Br)cc1)c1ccccc1NC. The molecule has 0 aliphatic carbocycles. The fourth-order valence-electron chi connectivity index (χ4n) is 2.46. The van der Waals surface area contributed by atoms with E-state index in [2.05, 4.69) is 63.7 Å². The van der Waals surface area contributed by atoms with Gasteiger partial charge in [0.05, 0.1) is 18.9 Å². The molecule has 2 aromatic rings. The molecule has 23 heavy (non-hydrogen) atoms. The molecular formula is C18H23BrNO2P. The van der Waals surface area contributed by atoms with E-state index in [4.69, 9.17) is 9.05 Å². The van der Waals surface area contributed by atoms with Gasteiger partial charge in [-0.3, -0.25) is 0 Å². The lowest BCUT2D eigenvalue weighted by Crippen LogP contribution is -2.07. The average Bonchev–Trinajstić information content (AvgIpc) is 2.57. The summed E-state index contributed by atoms with van der Waals surface area (Å²) in [4.78, 5) is 0. The van der Waals surface area contributed by atoms with Crippen molar-refractivity contribution < 1.29 is 9.05 Å². The molecule has 0 aliphatic heterocycles. The number of rotatable bonds is 8. The first-order valence-corrected chi connectivity index (χ1v) is 9.82. The molecule has 1 N–H and O–H groups in total. The molecule has 0 aromatic heterocycles. The van der Waals surface area contributed by atoms with Gasteiger partial charge in [0.15, 0.2) is 8.38 Å². The molecule has 0 radical (unpaired) electrons. The Morgan fingerprint density at radius 3 is 2.17 bits per heavy atom. The lowest BCUT2D eigenvalue weighted by Gasteiger charge is -2.28. The number of para-hydroxylation sites is 1. The van der Waals surface area contributed by atoms with Crippen LogP contribution >= 0.6 is 24.3 Å². The van der Waals surface area contributed by atoms with Gasteiger partial charge in [0.2, 0.25) is 0 Å². The second kappa shape index (κ2) is 9.39. The minimum Gasteiger partial charge on any atom is -0.388 e. The maximum Gasteiger partial charge on any atom is 0.183 e. The van der Waals surface area contributed by atoms with Gasteiger partial charge in [-0.25, -0.2) is 0 Å². The van der Waals surface area contributed by atoms with E-state index < -0.39 is 8.38 Å². The van der Waals surface area contributed by atoms with Crippen molar-refractivity contribution in [2.45, 2.75) is 19.5 Å². The van der Waals surface area contributed by atoms with Crippen LogP contribution in [0, 0.1) is 0 Å². The number of hydrogen-bond acceptors (Lipinski definition) is 3. The molecule has 5 heteroatoms. The van der Waals surface area contributed by atoms with Crippen molar-refractivity contribution in [3.8, 4) is 0 Å². The highest BCUT2D eigenvalue weighted by atomic mass is 79.9. The summed E-state index contributed by atoms with van der Waals surface area (Å²) in [5, 5.41) is 3.29. The highest BCUT2D eigenvalue weighted by Gasteiger charge is 2.29. The second-order valence-electron chi connectivity index (χ2n) is 4.91. The molecule has 2 aromatic carbocycles. The summed E-state index contributed by atoms with van der Waals surface area (Å²) in [6, 6.07) is 16.7. The molecule has 0 fully saturated rings. The number of anilines is 1. The Hall–Kier alpha value is -0.930. The van der Waals surface area contributed by atoms with Gasteiger partial charge in [0, 0.05) is 17.2 Å². The third-order valence-electron chi connectivity index (χ3n) is 3.43. The molecule has 0 spiro atoms. The first-order chi connectivity index (χ1) is 11.2. The van der Waals surface area contributed by atoms with Crippen LogP contribution in [0.4, 0.5) is 5.69 Å². The van der Waals surface area contributed by atoms with Crippen molar-refractivity contribution >= 4 is 30.0 Å². The van der Waals surface area contributed by atoms with E-state index in [-0.39, 0.29) is 5.66 Å². The number of benzene rings is 2. The minimum absolute atomic E-state index is 0.0710. The lowest BCUT2D eigenvalue weighted by molar-refractivity contribution is 0.265. The highest BCUT2D eigenvalue weighted by molar-refractivity contribution is 9.10. The minimum atomic E-state index is -1.06. The van der Waals surface area contributed by atoms with Crippen LogP contribution in [0.1, 0.15) is 30.6 Å². The van der Waals surface area contributed by atoms with Crippen LogP contribution in [0.2, 0.25) is 0 Å². The Morgan fingerprint density at radius 2 is 1.61 bits per heavy atom. The molecule has 2 rings (SSSR count). The Morgan fingerprint density at radius 1 is 1.00 bits per heavy atom. The van der Waals surface area contributed by atoms with Gasteiger partial charge in [-0.15, -0.1) is 0 Å². The molecule has 0 bridgehead atoms. The predicted molar refractivity (Wildman–Crippen MR) is 102 cm³/mol. The number of nitrogens with one attached hydrogen (secondary N) is 1. The van der Waals surface area contributed by atoms with Crippen LogP contribution in [0.5, 0.6) is 0 Å². The molecule has 0 saturated carbocycles. The fourth-order valence-corrected chi connectivity index (χ4v) is 4.48. The van der Waals surface area contributed by atoms with Crippen molar-refractivity contribution in [3.63, 3.8) is 0 Å². The molecule has 3 nitrogen and oxygen atoms in total. The summed E-state index contributed by atoms with van der Waals surface area (Å²) in [5.41, 5.74) is 3.57. The van der Waals surface area contributed by atoms with E-state index in [0.29, 0.717) is 13.2 Å². The predicted octanol–water partition coefficient (Wildman–Crippen LogP) is 5.97. The second-order valence-corrected chi connectivity index (χ2v) is 7.43. The normalized spacial score (nSPS) is 12.4. The standard InChI is InChI=1S/C18H23BrNO2P/c1-4-21-23(22-5-2)18(14-10-12-15(19)13-11-14)16-8-6-7-9-17(16)20-3/h6-13,18,20H,4-5H2,1-3H3.